The molecule has 0 amide bonds. The van der Waals surface area contributed by atoms with E-state index in [2.05, 4.69) is 52.9 Å². The van der Waals surface area contributed by atoms with E-state index in [1.165, 1.54) is 51.4 Å². The normalized spacial score (nSPS) is 10.8. The molecule has 8 nitrogen and oxygen atoms in total. The van der Waals surface area contributed by atoms with E-state index in [1.807, 2.05) is 0 Å². The van der Waals surface area contributed by atoms with Crippen LogP contribution in [0, 0.1) is 47.9 Å². The molecule has 0 aromatic rings. The average molecular weight is 521 g/mol. The van der Waals surface area contributed by atoms with Crippen LogP contribution in [-0.2, 0) is 28.2 Å². The van der Waals surface area contributed by atoms with Gasteiger partial charge in [-0.05, 0) is 41.9 Å². The molecule has 1 atom stereocenters. The van der Waals surface area contributed by atoms with Gasteiger partial charge in [0.25, 0.3) is 0 Å². The van der Waals surface area contributed by atoms with Crippen molar-refractivity contribution in [3.63, 3.8) is 0 Å². The number of rotatable bonds is 19. The lowest BCUT2D eigenvalue weighted by atomic mass is 10.0. The maximum atomic E-state index is 12.1. The largest absolute Gasteiger partial charge is 0.469 e. The van der Waals surface area contributed by atoms with E-state index in [-0.39, 0.29) is 6.42 Å². The van der Waals surface area contributed by atoms with E-state index >= 15 is 0 Å². The fourth-order valence-corrected chi connectivity index (χ4v) is 3.43. The summed E-state index contributed by atoms with van der Waals surface area (Å²) in [6.45, 7) is 1.09. The molecule has 36 heavy (non-hydrogen) atoms. The molecule has 0 rings (SSSR count). The van der Waals surface area contributed by atoms with Crippen molar-refractivity contribution in [3.05, 3.63) is 0 Å². The van der Waals surface area contributed by atoms with Gasteiger partial charge < -0.3 is 19.3 Å². The number of hydrogen-bond donors (Lipinski definition) is 2. The van der Waals surface area contributed by atoms with Gasteiger partial charge in [0, 0.05) is 12.3 Å². The molecule has 0 aliphatic carbocycles. The minimum atomic E-state index is -4.80. The maximum absolute atomic E-state index is 12.1. The van der Waals surface area contributed by atoms with Gasteiger partial charge in [0.1, 0.15) is 6.61 Å². The highest BCUT2D eigenvalue weighted by Crippen LogP contribution is 2.35. The molecule has 198 valence electrons. The van der Waals surface area contributed by atoms with Crippen molar-refractivity contribution in [1.29, 1.82) is 0 Å². The lowest BCUT2D eigenvalue weighted by molar-refractivity contribution is -0.158. The van der Waals surface area contributed by atoms with Gasteiger partial charge in [0.15, 0.2) is 6.10 Å². The van der Waals surface area contributed by atoms with Gasteiger partial charge in [-0.25, -0.2) is 9.36 Å². The molecule has 0 spiro atoms. The molecule has 0 saturated carbocycles. The van der Waals surface area contributed by atoms with Gasteiger partial charge in [-0.3, -0.25) is 9.32 Å². The molecule has 0 bridgehead atoms. The van der Waals surface area contributed by atoms with Crippen molar-refractivity contribution < 1.29 is 37.9 Å². The molecule has 0 aliphatic heterocycles. The zero-order valence-corrected chi connectivity index (χ0v) is 21.9. The SMILES string of the molecule is C#CC#CC#CC#CC(=O)OC[C@H](COP(=O)(O)O)OC(=O)CCCCCCCCCCCCCC. The number of phosphoric acid groups is 1. The average Bonchev–Trinajstić information content (AvgIpc) is 2.83. The number of phosphoric ester groups is 1. The summed E-state index contributed by atoms with van der Waals surface area (Å²) in [5.41, 5.74) is 0. The van der Waals surface area contributed by atoms with E-state index in [4.69, 9.17) is 25.7 Å². The first-order chi connectivity index (χ1) is 17.3. The molecule has 0 saturated heterocycles. The number of esters is 2. The summed E-state index contributed by atoms with van der Waals surface area (Å²) in [4.78, 5) is 41.5. The summed E-state index contributed by atoms with van der Waals surface area (Å²) in [5, 5.41) is 0. The quantitative estimate of drug-likeness (QED) is 0.0852. The standard InChI is InChI=1S/C27H37O8P/c1-3-5-7-9-11-12-13-14-15-16-18-20-22-27(29)35-25(24-34-36(30,31)32)23-33-26(28)21-19-17-10-8-6-4-2/h2,25H,3,5,7,9,11-16,18,20,22-24H2,1H3,(H2,30,31,32)/t25-/m1/s1. The Hall–Kier alpha value is -2.71. The van der Waals surface area contributed by atoms with Crippen molar-refractivity contribution >= 4 is 19.8 Å². The second-order valence-electron chi connectivity index (χ2n) is 8.03. The summed E-state index contributed by atoms with van der Waals surface area (Å²) in [7, 11) is -4.80. The number of terminal acetylenes is 1. The number of unbranched alkanes of at least 4 members (excludes halogenated alkanes) is 11. The molecular formula is C27H37O8P. The molecule has 9 heteroatoms. The van der Waals surface area contributed by atoms with Crippen LogP contribution in [-0.4, -0.2) is 41.0 Å². The Morgan fingerprint density at radius 3 is 1.89 bits per heavy atom. The smallest absolute Gasteiger partial charge is 0.456 e. The minimum absolute atomic E-state index is 0.145. The molecule has 0 aromatic heterocycles. The summed E-state index contributed by atoms with van der Waals surface area (Å²) in [5.74, 6) is 14.0. The first-order valence-corrected chi connectivity index (χ1v) is 13.8. The first kappa shape index (κ1) is 33.3. The summed E-state index contributed by atoms with van der Waals surface area (Å²) in [6, 6.07) is 0. The van der Waals surface area contributed by atoms with Crippen molar-refractivity contribution in [2.24, 2.45) is 0 Å². The van der Waals surface area contributed by atoms with Crippen molar-refractivity contribution in [2.45, 2.75) is 96.5 Å². The summed E-state index contributed by atoms with van der Waals surface area (Å²) in [6.07, 6.45) is 17.8. The molecule has 0 radical (unpaired) electrons. The second-order valence-corrected chi connectivity index (χ2v) is 9.27. The Kier molecular flexibility index (Phi) is 21.0. The van der Waals surface area contributed by atoms with Gasteiger partial charge >= 0.3 is 19.8 Å². The Morgan fingerprint density at radius 2 is 1.33 bits per heavy atom. The highest BCUT2D eigenvalue weighted by Gasteiger charge is 2.22. The molecular weight excluding hydrogens is 483 g/mol. The highest BCUT2D eigenvalue weighted by molar-refractivity contribution is 7.46. The van der Waals surface area contributed by atoms with Gasteiger partial charge in [0.05, 0.1) is 6.61 Å². The number of carbonyl (C=O) groups is 2. The van der Waals surface area contributed by atoms with Crippen LogP contribution in [0.5, 0.6) is 0 Å². The van der Waals surface area contributed by atoms with Crippen molar-refractivity contribution in [1.82, 2.24) is 0 Å². The number of carbonyl (C=O) groups excluding carboxylic acids is 2. The predicted molar refractivity (Wildman–Crippen MR) is 137 cm³/mol. The zero-order chi connectivity index (χ0) is 26.9. The van der Waals surface area contributed by atoms with Gasteiger partial charge in [-0.1, -0.05) is 77.6 Å². The first-order valence-electron chi connectivity index (χ1n) is 12.3. The molecule has 0 heterocycles. The van der Waals surface area contributed by atoms with E-state index in [0.717, 1.165) is 19.3 Å². The van der Waals surface area contributed by atoms with Crippen LogP contribution in [0.2, 0.25) is 0 Å². The molecule has 0 aliphatic rings. The topological polar surface area (TPSA) is 119 Å². The van der Waals surface area contributed by atoms with Crippen LogP contribution in [0.4, 0.5) is 0 Å². The van der Waals surface area contributed by atoms with Crippen LogP contribution in [0.1, 0.15) is 90.4 Å². The Morgan fingerprint density at radius 1 is 0.806 bits per heavy atom. The number of hydrogen-bond acceptors (Lipinski definition) is 6. The second kappa shape index (κ2) is 22.7. The van der Waals surface area contributed by atoms with E-state index in [9.17, 15) is 14.2 Å². The molecule has 0 aromatic carbocycles. The monoisotopic (exact) mass is 520 g/mol. The third-order valence-electron chi connectivity index (χ3n) is 4.85. The van der Waals surface area contributed by atoms with Crippen LogP contribution in [0.3, 0.4) is 0 Å². The van der Waals surface area contributed by atoms with Crippen LogP contribution in [0.15, 0.2) is 0 Å². The third kappa shape index (κ3) is 24.4. The molecule has 2 N–H and O–H groups in total. The van der Waals surface area contributed by atoms with Gasteiger partial charge in [-0.2, -0.15) is 0 Å². The van der Waals surface area contributed by atoms with Crippen molar-refractivity contribution in [3.8, 4) is 47.9 Å². The molecule has 0 fully saturated rings. The van der Waals surface area contributed by atoms with E-state index in [1.54, 1.807) is 0 Å². The number of ether oxygens (including phenoxy) is 2. The third-order valence-corrected chi connectivity index (χ3v) is 5.33. The zero-order valence-electron chi connectivity index (χ0n) is 21.1. The summed E-state index contributed by atoms with van der Waals surface area (Å²) < 4.78 is 25.4. The fourth-order valence-electron chi connectivity index (χ4n) is 3.07. The van der Waals surface area contributed by atoms with Crippen molar-refractivity contribution in [2.75, 3.05) is 13.2 Å². The summed E-state index contributed by atoms with van der Waals surface area (Å²) >= 11 is 0. The molecule has 0 unspecified atom stereocenters. The van der Waals surface area contributed by atoms with Crippen LogP contribution in [0.25, 0.3) is 0 Å². The van der Waals surface area contributed by atoms with Crippen LogP contribution < -0.4 is 0 Å². The Balaban J connectivity index is 4.25. The predicted octanol–water partition coefficient (Wildman–Crippen LogP) is 4.29. The van der Waals surface area contributed by atoms with Gasteiger partial charge in [-0.15, -0.1) is 6.42 Å². The minimum Gasteiger partial charge on any atom is -0.456 e. The fraction of sp³-hybridized carbons (Fsp3) is 0.630. The van der Waals surface area contributed by atoms with Gasteiger partial charge in [0.2, 0.25) is 0 Å². The highest BCUT2D eigenvalue weighted by atomic mass is 31.2. The Bertz CT molecular complexity index is 911. The van der Waals surface area contributed by atoms with E-state index in [0.29, 0.717) is 6.42 Å². The Labute approximate surface area is 215 Å². The maximum Gasteiger partial charge on any atom is 0.469 e. The van der Waals surface area contributed by atoms with Crippen LogP contribution >= 0.6 is 7.82 Å². The lowest BCUT2D eigenvalue weighted by Gasteiger charge is -2.17. The lowest BCUT2D eigenvalue weighted by Crippen LogP contribution is -2.29. The van der Waals surface area contributed by atoms with E-state index < -0.39 is 39.1 Å².